The van der Waals surface area contributed by atoms with Gasteiger partial charge < -0.3 is 15.4 Å². The third-order valence-electron chi connectivity index (χ3n) is 4.02. The highest BCUT2D eigenvalue weighted by Crippen LogP contribution is 2.21. The van der Waals surface area contributed by atoms with E-state index in [1.807, 2.05) is 0 Å². The zero-order chi connectivity index (χ0) is 21.0. The summed E-state index contributed by atoms with van der Waals surface area (Å²) in [6, 6.07) is 5.30. The number of thiazole rings is 1. The van der Waals surface area contributed by atoms with Gasteiger partial charge >= 0.3 is 12.0 Å². The van der Waals surface area contributed by atoms with Gasteiger partial charge in [-0.05, 0) is 18.6 Å². The molecule has 0 spiro atoms. The Labute approximate surface area is 175 Å². The van der Waals surface area contributed by atoms with E-state index in [1.165, 1.54) is 5.38 Å². The molecule has 0 saturated carbocycles. The number of halogens is 1. The number of imide groups is 1. The van der Waals surface area contributed by atoms with E-state index in [0.717, 1.165) is 16.2 Å². The normalized spacial score (nSPS) is 15.9. The Kier molecular flexibility index (Phi) is 6.45. The van der Waals surface area contributed by atoms with Crippen molar-refractivity contribution in [3.63, 3.8) is 0 Å². The minimum atomic E-state index is -0.991. The maximum Gasteiger partial charge on any atom is 0.357 e. The summed E-state index contributed by atoms with van der Waals surface area (Å²) < 4.78 is 4.83. The highest BCUT2D eigenvalue weighted by atomic mass is 35.5. The Morgan fingerprint density at radius 2 is 2.10 bits per heavy atom. The summed E-state index contributed by atoms with van der Waals surface area (Å²) in [6.45, 7) is 1.90. The summed E-state index contributed by atoms with van der Waals surface area (Å²) in [5.74, 6) is -1.62. The van der Waals surface area contributed by atoms with Gasteiger partial charge in [0.15, 0.2) is 10.8 Å². The first kappa shape index (κ1) is 20.7. The average molecular weight is 437 g/mol. The SMILES string of the molecule is CCOC(=O)c1csc(NC(=O)CC2NC(=O)N(Cc3ccccc3Cl)C2=O)n1. The lowest BCUT2D eigenvalue weighted by Crippen LogP contribution is -2.34. The second-order valence-electron chi connectivity index (χ2n) is 6.03. The molecular formula is C18H17ClN4O5S. The van der Waals surface area contributed by atoms with Gasteiger partial charge in [-0.25, -0.2) is 14.6 Å². The number of carbonyl (C=O) groups is 4. The molecule has 3 rings (SSSR count). The highest BCUT2D eigenvalue weighted by molar-refractivity contribution is 7.14. The van der Waals surface area contributed by atoms with Gasteiger partial charge in [0.2, 0.25) is 5.91 Å². The van der Waals surface area contributed by atoms with E-state index < -0.39 is 29.9 Å². The van der Waals surface area contributed by atoms with Crippen molar-refractivity contribution in [1.82, 2.24) is 15.2 Å². The first-order chi connectivity index (χ1) is 13.9. The largest absolute Gasteiger partial charge is 0.461 e. The Morgan fingerprint density at radius 1 is 1.34 bits per heavy atom. The maximum absolute atomic E-state index is 12.5. The van der Waals surface area contributed by atoms with Crippen molar-refractivity contribution < 1.29 is 23.9 Å². The van der Waals surface area contributed by atoms with Crippen molar-refractivity contribution in [3.05, 3.63) is 45.9 Å². The van der Waals surface area contributed by atoms with Crippen molar-refractivity contribution in [2.24, 2.45) is 0 Å². The molecule has 1 unspecified atom stereocenters. The number of aromatic nitrogens is 1. The summed E-state index contributed by atoms with van der Waals surface area (Å²) in [4.78, 5) is 53.5. The average Bonchev–Trinajstić information content (AvgIpc) is 3.24. The minimum absolute atomic E-state index is 0.0117. The number of hydrogen-bond donors (Lipinski definition) is 2. The Bertz CT molecular complexity index is 963. The second kappa shape index (κ2) is 9.01. The molecule has 2 heterocycles. The van der Waals surface area contributed by atoms with Gasteiger partial charge in [-0.1, -0.05) is 29.8 Å². The van der Waals surface area contributed by atoms with Gasteiger partial charge in [0.05, 0.1) is 19.6 Å². The fourth-order valence-corrected chi connectivity index (χ4v) is 3.54. The van der Waals surface area contributed by atoms with Crippen LogP contribution in [0.5, 0.6) is 0 Å². The number of ether oxygens (including phenoxy) is 1. The number of benzene rings is 1. The van der Waals surface area contributed by atoms with E-state index in [4.69, 9.17) is 16.3 Å². The van der Waals surface area contributed by atoms with Gasteiger partial charge in [0.1, 0.15) is 6.04 Å². The third-order valence-corrected chi connectivity index (χ3v) is 5.14. The van der Waals surface area contributed by atoms with Crippen molar-refractivity contribution in [1.29, 1.82) is 0 Å². The molecule has 4 amide bonds. The lowest BCUT2D eigenvalue weighted by Gasteiger charge is -2.14. The van der Waals surface area contributed by atoms with E-state index in [1.54, 1.807) is 31.2 Å². The van der Waals surface area contributed by atoms with Crippen LogP contribution in [-0.4, -0.2) is 46.3 Å². The molecule has 0 radical (unpaired) electrons. The monoisotopic (exact) mass is 436 g/mol. The maximum atomic E-state index is 12.5. The molecule has 1 atom stereocenters. The first-order valence-corrected chi connectivity index (χ1v) is 9.92. The molecule has 0 aliphatic carbocycles. The number of carbonyl (C=O) groups excluding carboxylic acids is 4. The van der Waals surface area contributed by atoms with Gasteiger partial charge in [0, 0.05) is 10.4 Å². The summed E-state index contributed by atoms with van der Waals surface area (Å²) in [5, 5.41) is 7.10. The van der Waals surface area contributed by atoms with Gasteiger partial charge in [0.25, 0.3) is 5.91 Å². The van der Waals surface area contributed by atoms with E-state index in [0.29, 0.717) is 10.6 Å². The lowest BCUT2D eigenvalue weighted by atomic mass is 10.1. The Hall–Kier alpha value is -2.98. The minimum Gasteiger partial charge on any atom is -0.461 e. The van der Waals surface area contributed by atoms with Crippen LogP contribution in [-0.2, 0) is 20.9 Å². The first-order valence-electron chi connectivity index (χ1n) is 8.66. The quantitative estimate of drug-likeness (QED) is 0.508. The molecule has 152 valence electrons. The van der Waals surface area contributed by atoms with Crippen LogP contribution in [0.15, 0.2) is 29.6 Å². The number of esters is 1. The molecule has 11 heteroatoms. The smallest absolute Gasteiger partial charge is 0.357 e. The second-order valence-corrected chi connectivity index (χ2v) is 7.29. The Morgan fingerprint density at radius 3 is 2.83 bits per heavy atom. The van der Waals surface area contributed by atoms with Crippen LogP contribution in [0.2, 0.25) is 5.02 Å². The number of rotatable bonds is 7. The molecule has 2 aromatic rings. The van der Waals surface area contributed by atoms with Crippen molar-refractivity contribution >= 4 is 51.9 Å². The van der Waals surface area contributed by atoms with Gasteiger partial charge in [-0.3, -0.25) is 14.5 Å². The fraction of sp³-hybridized carbons (Fsp3) is 0.278. The number of hydrogen-bond acceptors (Lipinski definition) is 7. The van der Waals surface area contributed by atoms with Crippen LogP contribution in [0.1, 0.15) is 29.4 Å². The molecule has 0 bridgehead atoms. The molecular weight excluding hydrogens is 420 g/mol. The van der Waals surface area contributed by atoms with Crippen LogP contribution in [0.4, 0.5) is 9.93 Å². The van der Waals surface area contributed by atoms with Crippen LogP contribution in [0, 0.1) is 0 Å². The number of amides is 4. The molecule has 2 N–H and O–H groups in total. The van der Waals surface area contributed by atoms with E-state index in [-0.39, 0.29) is 30.4 Å². The third kappa shape index (κ3) is 4.90. The number of nitrogens with zero attached hydrogens (tertiary/aromatic N) is 2. The van der Waals surface area contributed by atoms with Gasteiger partial charge in [-0.15, -0.1) is 11.3 Å². The van der Waals surface area contributed by atoms with Crippen LogP contribution in [0.3, 0.4) is 0 Å². The molecule has 1 aromatic carbocycles. The zero-order valence-corrected chi connectivity index (χ0v) is 16.9. The molecule has 9 nitrogen and oxygen atoms in total. The van der Waals surface area contributed by atoms with E-state index in [9.17, 15) is 19.2 Å². The molecule has 1 aliphatic heterocycles. The lowest BCUT2D eigenvalue weighted by molar-refractivity contribution is -0.130. The predicted molar refractivity (Wildman–Crippen MR) is 106 cm³/mol. The van der Waals surface area contributed by atoms with Crippen molar-refractivity contribution in [3.8, 4) is 0 Å². The van der Waals surface area contributed by atoms with Crippen molar-refractivity contribution in [2.45, 2.75) is 25.9 Å². The fourth-order valence-electron chi connectivity index (χ4n) is 2.65. The molecule has 29 heavy (non-hydrogen) atoms. The number of urea groups is 1. The summed E-state index contributed by atoms with van der Waals surface area (Å²) >= 11 is 7.13. The van der Waals surface area contributed by atoms with Gasteiger partial charge in [-0.2, -0.15) is 0 Å². The molecule has 1 fully saturated rings. The van der Waals surface area contributed by atoms with E-state index in [2.05, 4.69) is 15.6 Å². The van der Waals surface area contributed by atoms with Crippen molar-refractivity contribution in [2.75, 3.05) is 11.9 Å². The number of nitrogens with one attached hydrogen (secondary N) is 2. The van der Waals surface area contributed by atoms with E-state index >= 15 is 0 Å². The molecule has 1 saturated heterocycles. The van der Waals surface area contributed by atoms with Crippen LogP contribution >= 0.6 is 22.9 Å². The topological polar surface area (TPSA) is 118 Å². The zero-order valence-electron chi connectivity index (χ0n) is 15.3. The standard InChI is InChI=1S/C18H17ClN4O5S/c1-2-28-16(26)13-9-29-17(20-13)22-14(24)7-12-15(25)23(18(27)21-12)8-10-5-3-4-6-11(10)19/h3-6,9,12H,2,7-8H2,1H3,(H,21,27)(H,20,22,24). The summed E-state index contributed by atoms with van der Waals surface area (Å²) in [5.41, 5.74) is 0.709. The summed E-state index contributed by atoms with van der Waals surface area (Å²) in [6.07, 6.45) is -0.266. The van der Waals surface area contributed by atoms with Crippen LogP contribution < -0.4 is 10.6 Å². The summed E-state index contributed by atoms with van der Waals surface area (Å²) in [7, 11) is 0. The Balaban J connectivity index is 1.58. The highest BCUT2D eigenvalue weighted by Gasteiger charge is 2.39. The molecule has 1 aliphatic rings. The van der Waals surface area contributed by atoms with Crippen LogP contribution in [0.25, 0.3) is 0 Å². The predicted octanol–water partition coefficient (Wildman–Crippen LogP) is 2.42. The molecule has 1 aromatic heterocycles. The number of anilines is 1.